The van der Waals surface area contributed by atoms with Crippen LogP contribution in [0.1, 0.15) is 35.6 Å². The Balaban J connectivity index is 1.62. The van der Waals surface area contributed by atoms with Crippen LogP contribution in [0.2, 0.25) is 0 Å². The van der Waals surface area contributed by atoms with Crippen LogP contribution in [0.5, 0.6) is 0 Å². The Bertz CT molecular complexity index is 942. The first-order valence-electron chi connectivity index (χ1n) is 9.26. The smallest absolute Gasteiger partial charge is 0.269 e. The van der Waals surface area contributed by atoms with Crippen molar-refractivity contribution in [2.75, 3.05) is 0 Å². The summed E-state index contributed by atoms with van der Waals surface area (Å²) in [5.41, 5.74) is 2.29. The number of carbonyl (C=O) groups is 1. The van der Waals surface area contributed by atoms with Gasteiger partial charge in [-0.25, -0.2) is 0 Å². The third-order valence-corrected chi connectivity index (χ3v) is 5.36. The maximum Gasteiger partial charge on any atom is 0.269 e. The van der Waals surface area contributed by atoms with Gasteiger partial charge >= 0.3 is 0 Å². The molecular formula is C23H20N2O3. The molecular weight excluding hydrogens is 352 g/mol. The lowest BCUT2D eigenvalue weighted by Crippen LogP contribution is -2.37. The van der Waals surface area contributed by atoms with Gasteiger partial charge in [0.05, 0.1) is 16.4 Å². The Morgan fingerprint density at radius 2 is 1.36 bits per heavy atom. The molecule has 5 nitrogen and oxygen atoms in total. The van der Waals surface area contributed by atoms with E-state index in [1.54, 1.807) is 12.1 Å². The van der Waals surface area contributed by atoms with Crippen molar-refractivity contribution in [3.8, 4) is 0 Å². The summed E-state index contributed by atoms with van der Waals surface area (Å²) in [4.78, 5) is 23.7. The Hall–Kier alpha value is -3.47. The van der Waals surface area contributed by atoms with E-state index in [0.717, 1.165) is 29.5 Å². The number of nitro benzene ring substituents is 1. The molecule has 0 saturated heterocycles. The summed E-state index contributed by atoms with van der Waals surface area (Å²) < 4.78 is 0. The molecule has 4 rings (SSSR count). The Morgan fingerprint density at radius 1 is 0.857 bits per heavy atom. The lowest BCUT2D eigenvalue weighted by Gasteiger charge is -2.24. The Morgan fingerprint density at radius 3 is 1.79 bits per heavy atom. The molecule has 1 N–H and O–H groups in total. The molecule has 28 heavy (non-hydrogen) atoms. The number of nitrogens with one attached hydrogen (secondary N) is 1. The van der Waals surface area contributed by atoms with E-state index >= 15 is 0 Å². The summed E-state index contributed by atoms with van der Waals surface area (Å²) in [6, 6.07) is 25.8. The molecule has 1 aliphatic rings. The molecule has 140 valence electrons. The second-order valence-corrected chi connectivity index (χ2v) is 7.11. The summed E-state index contributed by atoms with van der Waals surface area (Å²) in [6.07, 6.45) is 1.49. The molecule has 0 radical (unpaired) electrons. The van der Waals surface area contributed by atoms with Gasteiger partial charge < -0.3 is 5.32 Å². The number of non-ortho nitro benzene ring substituents is 1. The van der Waals surface area contributed by atoms with Gasteiger partial charge in [0, 0.05) is 12.1 Å². The Kier molecular flexibility index (Phi) is 4.65. The largest absolute Gasteiger partial charge is 0.344 e. The van der Waals surface area contributed by atoms with E-state index in [0.29, 0.717) is 0 Å². The Labute approximate surface area is 163 Å². The van der Waals surface area contributed by atoms with Crippen LogP contribution in [-0.2, 0) is 10.2 Å². The molecule has 0 aromatic heterocycles. The van der Waals surface area contributed by atoms with Crippen LogP contribution >= 0.6 is 0 Å². The van der Waals surface area contributed by atoms with Crippen LogP contribution in [0.4, 0.5) is 5.69 Å². The van der Waals surface area contributed by atoms with Crippen molar-refractivity contribution in [1.82, 2.24) is 5.32 Å². The SMILES string of the molecule is O=C(NC(c1ccccc1)c1ccccc1)C1(c2ccc([N+](=O)[O-])cc2)CC1. The van der Waals surface area contributed by atoms with Crippen molar-refractivity contribution < 1.29 is 9.72 Å². The highest BCUT2D eigenvalue weighted by Crippen LogP contribution is 2.49. The van der Waals surface area contributed by atoms with Gasteiger partial charge in [0.15, 0.2) is 0 Å². The van der Waals surface area contributed by atoms with Gasteiger partial charge in [-0.1, -0.05) is 72.8 Å². The highest BCUT2D eigenvalue weighted by molar-refractivity contribution is 5.92. The maximum atomic E-state index is 13.3. The molecule has 1 amide bonds. The monoisotopic (exact) mass is 372 g/mol. The highest BCUT2D eigenvalue weighted by Gasteiger charge is 2.51. The van der Waals surface area contributed by atoms with Gasteiger partial charge in [0.2, 0.25) is 5.91 Å². The van der Waals surface area contributed by atoms with Crippen LogP contribution in [-0.4, -0.2) is 10.8 Å². The van der Waals surface area contributed by atoms with E-state index in [2.05, 4.69) is 5.32 Å². The molecule has 0 bridgehead atoms. The number of amides is 1. The molecule has 3 aromatic rings. The molecule has 0 aliphatic heterocycles. The van der Waals surface area contributed by atoms with Gasteiger partial charge in [-0.15, -0.1) is 0 Å². The maximum absolute atomic E-state index is 13.3. The summed E-state index contributed by atoms with van der Waals surface area (Å²) in [5, 5.41) is 14.1. The summed E-state index contributed by atoms with van der Waals surface area (Å²) in [7, 11) is 0. The standard InChI is InChI=1S/C23H20N2O3/c26-22(23(15-16-23)19-11-13-20(14-12-19)25(27)28)24-21(17-7-3-1-4-8-17)18-9-5-2-6-10-18/h1-14,21H,15-16H2,(H,24,26). The minimum absolute atomic E-state index is 0.0337. The quantitative estimate of drug-likeness (QED) is 0.510. The minimum atomic E-state index is -0.600. The summed E-state index contributed by atoms with van der Waals surface area (Å²) >= 11 is 0. The first-order valence-corrected chi connectivity index (χ1v) is 9.26. The molecule has 0 heterocycles. The first kappa shape index (κ1) is 17.9. The van der Waals surface area contributed by atoms with Crippen LogP contribution < -0.4 is 5.32 Å². The van der Waals surface area contributed by atoms with Gasteiger partial charge in [0.25, 0.3) is 5.69 Å². The molecule has 1 saturated carbocycles. The minimum Gasteiger partial charge on any atom is -0.344 e. The number of carbonyl (C=O) groups excluding carboxylic acids is 1. The average Bonchev–Trinajstić information content (AvgIpc) is 3.55. The molecule has 0 atom stereocenters. The predicted molar refractivity (Wildman–Crippen MR) is 107 cm³/mol. The van der Waals surface area contributed by atoms with Crippen LogP contribution in [0.25, 0.3) is 0 Å². The third-order valence-electron chi connectivity index (χ3n) is 5.36. The number of rotatable bonds is 6. The topological polar surface area (TPSA) is 72.2 Å². The fourth-order valence-corrected chi connectivity index (χ4v) is 3.59. The van der Waals surface area contributed by atoms with Gasteiger partial charge in [0.1, 0.15) is 0 Å². The zero-order valence-corrected chi connectivity index (χ0v) is 15.2. The molecule has 0 spiro atoms. The molecule has 0 unspecified atom stereocenters. The van der Waals surface area contributed by atoms with Crippen molar-refractivity contribution in [2.24, 2.45) is 0 Å². The number of nitro groups is 1. The van der Waals surface area contributed by atoms with Gasteiger partial charge in [-0.3, -0.25) is 14.9 Å². The fraction of sp³-hybridized carbons (Fsp3) is 0.174. The van der Waals surface area contributed by atoms with E-state index in [-0.39, 0.29) is 17.6 Å². The first-order chi connectivity index (χ1) is 13.6. The van der Waals surface area contributed by atoms with Crippen LogP contribution in [0.3, 0.4) is 0 Å². The zero-order chi connectivity index (χ0) is 19.6. The van der Waals surface area contributed by atoms with Gasteiger partial charge in [-0.2, -0.15) is 0 Å². The van der Waals surface area contributed by atoms with E-state index in [4.69, 9.17) is 0 Å². The highest BCUT2D eigenvalue weighted by atomic mass is 16.6. The molecule has 5 heteroatoms. The van der Waals surface area contributed by atoms with Crippen molar-refractivity contribution in [3.63, 3.8) is 0 Å². The summed E-state index contributed by atoms with van der Waals surface area (Å²) in [5.74, 6) is -0.0425. The normalized spacial score (nSPS) is 14.5. The van der Waals surface area contributed by atoms with Crippen LogP contribution in [0, 0.1) is 10.1 Å². The zero-order valence-electron chi connectivity index (χ0n) is 15.2. The lowest BCUT2D eigenvalue weighted by atomic mass is 9.92. The number of hydrogen-bond donors (Lipinski definition) is 1. The van der Waals surface area contributed by atoms with E-state index in [1.807, 2.05) is 60.7 Å². The number of nitrogens with zero attached hydrogens (tertiary/aromatic N) is 1. The summed E-state index contributed by atoms with van der Waals surface area (Å²) in [6.45, 7) is 0. The number of benzene rings is 3. The van der Waals surface area contributed by atoms with Crippen LogP contribution in [0.15, 0.2) is 84.9 Å². The fourth-order valence-electron chi connectivity index (χ4n) is 3.59. The van der Waals surface area contributed by atoms with Gasteiger partial charge in [-0.05, 0) is 29.5 Å². The van der Waals surface area contributed by atoms with Crippen molar-refractivity contribution in [1.29, 1.82) is 0 Å². The lowest BCUT2D eigenvalue weighted by molar-refractivity contribution is -0.384. The molecule has 3 aromatic carbocycles. The van der Waals surface area contributed by atoms with Crippen molar-refractivity contribution in [3.05, 3.63) is 112 Å². The second-order valence-electron chi connectivity index (χ2n) is 7.11. The third kappa shape index (κ3) is 3.39. The average molecular weight is 372 g/mol. The van der Waals surface area contributed by atoms with E-state index in [9.17, 15) is 14.9 Å². The molecule has 1 fully saturated rings. The van der Waals surface area contributed by atoms with E-state index in [1.165, 1.54) is 12.1 Å². The van der Waals surface area contributed by atoms with E-state index < -0.39 is 10.3 Å². The van der Waals surface area contributed by atoms with Crippen molar-refractivity contribution in [2.45, 2.75) is 24.3 Å². The second kappa shape index (κ2) is 7.27. The van der Waals surface area contributed by atoms with Crippen molar-refractivity contribution >= 4 is 11.6 Å². The number of hydrogen-bond acceptors (Lipinski definition) is 3. The predicted octanol–water partition coefficient (Wildman–Crippen LogP) is 4.53. The molecule has 1 aliphatic carbocycles.